The van der Waals surface area contributed by atoms with Crippen LogP contribution in [-0.2, 0) is 9.53 Å². The number of rotatable bonds is 4. The largest absolute Gasteiger partial charge is 0.465 e. The number of esters is 1. The molecule has 0 atom stereocenters. The van der Waals surface area contributed by atoms with Gasteiger partial charge < -0.3 is 9.64 Å². The van der Waals surface area contributed by atoms with Gasteiger partial charge >= 0.3 is 5.97 Å². The van der Waals surface area contributed by atoms with Crippen LogP contribution in [-0.4, -0.2) is 42.0 Å². The molecule has 0 radical (unpaired) electrons. The SMILES string of the molecule is CCOC(=O)CN(C)C(=O)c1ccccn1. The Labute approximate surface area is 94.0 Å². The number of aromatic nitrogens is 1. The quantitative estimate of drug-likeness (QED) is 0.704. The van der Waals surface area contributed by atoms with Gasteiger partial charge in [-0.15, -0.1) is 0 Å². The van der Waals surface area contributed by atoms with Crippen molar-refractivity contribution in [3.63, 3.8) is 0 Å². The first-order chi connectivity index (χ1) is 7.65. The van der Waals surface area contributed by atoms with Crippen molar-refractivity contribution in [2.75, 3.05) is 20.2 Å². The predicted octanol–water partition coefficient (Wildman–Crippen LogP) is 0.717. The van der Waals surface area contributed by atoms with Gasteiger partial charge in [0, 0.05) is 13.2 Å². The summed E-state index contributed by atoms with van der Waals surface area (Å²) in [4.78, 5) is 28.1. The van der Waals surface area contributed by atoms with Crippen molar-refractivity contribution in [2.45, 2.75) is 6.92 Å². The Balaban J connectivity index is 2.58. The van der Waals surface area contributed by atoms with Crippen LogP contribution >= 0.6 is 0 Å². The molecule has 1 rings (SSSR count). The average Bonchev–Trinajstić information content (AvgIpc) is 2.29. The number of hydrogen-bond acceptors (Lipinski definition) is 4. The lowest BCUT2D eigenvalue weighted by Gasteiger charge is -2.15. The zero-order chi connectivity index (χ0) is 12.0. The van der Waals surface area contributed by atoms with E-state index in [1.54, 1.807) is 25.1 Å². The van der Waals surface area contributed by atoms with Gasteiger partial charge in [-0.25, -0.2) is 0 Å². The molecule has 0 saturated carbocycles. The van der Waals surface area contributed by atoms with E-state index in [0.717, 1.165) is 0 Å². The van der Waals surface area contributed by atoms with E-state index in [0.29, 0.717) is 12.3 Å². The van der Waals surface area contributed by atoms with Crippen LogP contribution in [0.5, 0.6) is 0 Å². The van der Waals surface area contributed by atoms with Gasteiger partial charge in [0.25, 0.3) is 5.91 Å². The first-order valence-corrected chi connectivity index (χ1v) is 4.97. The number of ether oxygens (including phenoxy) is 1. The highest BCUT2D eigenvalue weighted by atomic mass is 16.5. The molecule has 5 nitrogen and oxygen atoms in total. The third-order valence-corrected chi connectivity index (χ3v) is 1.90. The molecule has 0 N–H and O–H groups in total. The van der Waals surface area contributed by atoms with Crippen molar-refractivity contribution in [2.24, 2.45) is 0 Å². The Kier molecular flexibility index (Phi) is 4.44. The molecule has 0 aliphatic carbocycles. The molecule has 5 heteroatoms. The molecule has 1 amide bonds. The Morgan fingerprint density at radius 3 is 2.75 bits per heavy atom. The number of hydrogen-bond donors (Lipinski definition) is 0. The lowest BCUT2D eigenvalue weighted by atomic mass is 10.3. The van der Waals surface area contributed by atoms with Crippen LogP contribution in [0.15, 0.2) is 24.4 Å². The van der Waals surface area contributed by atoms with Gasteiger partial charge in [0.2, 0.25) is 0 Å². The number of nitrogens with zero attached hydrogens (tertiary/aromatic N) is 2. The average molecular weight is 222 g/mol. The highest BCUT2D eigenvalue weighted by Gasteiger charge is 2.15. The minimum absolute atomic E-state index is 0.0662. The van der Waals surface area contributed by atoms with Gasteiger partial charge in [0.05, 0.1) is 6.61 Å². The molecule has 0 bridgehead atoms. The standard InChI is InChI=1S/C11H14N2O3/c1-3-16-10(14)8-13(2)11(15)9-6-4-5-7-12-9/h4-7H,3,8H2,1-2H3. The Hall–Kier alpha value is -1.91. The molecule has 1 aromatic rings. The van der Waals surface area contributed by atoms with Crippen LogP contribution in [0.25, 0.3) is 0 Å². The molecule has 0 unspecified atom stereocenters. The molecule has 16 heavy (non-hydrogen) atoms. The fraction of sp³-hybridized carbons (Fsp3) is 0.364. The molecular formula is C11H14N2O3. The number of carbonyl (C=O) groups is 2. The first kappa shape index (κ1) is 12.2. The number of amides is 1. The number of carbonyl (C=O) groups excluding carboxylic acids is 2. The Bertz CT molecular complexity index is 365. The fourth-order valence-corrected chi connectivity index (χ4v) is 1.16. The minimum atomic E-state index is -0.422. The molecule has 0 spiro atoms. The van der Waals surface area contributed by atoms with Crippen molar-refractivity contribution < 1.29 is 14.3 Å². The van der Waals surface area contributed by atoms with E-state index in [9.17, 15) is 9.59 Å². The molecule has 1 heterocycles. The summed E-state index contributed by atoms with van der Waals surface area (Å²) in [5.41, 5.74) is 0.314. The Morgan fingerprint density at radius 1 is 1.44 bits per heavy atom. The zero-order valence-electron chi connectivity index (χ0n) is 9.34. The molecule has 0 saturated heterocycles. The summed E-state index contributed by atoms with van der Waals surface area (Å²) in [7, 11) is 1.54. The van der Waals surface area contributed by atoms with Crippen LogP contribution in [0.1, 0.15) is 17.4 Å². The van der Waals surface area contributed by atoms with E-state index in [2.05, 4.69) is 4.98 Å². The van der Waals surface area contributed by atoms with Crippen molar-refractivity contribution in [1.82, 2.24) is 9.88 Å². The zero-order valence-corrected chi connectivity index (χ0v) is 9.34. The van der Waals surface area contributed by atoms with E-state index in [1.807, 2.05) is 0 Å². The predicted molar refractivity (Wildman–Crippen MR) is 57.8 cm³/mol. The fourth-order valence-electron chi connectivity index (χ4n) is 1.16. The van der Waals surface area contributed by atoms with Crippen LogP contribution in [0.2, 0.25) is 0 Å². The highest BCUT2D eigenvalue weighted by molar-refractivity contribution is 5.93. The molecule has 0 aliphatic heterocycles. The van der Waals surface area contributed by atoms with E-state index in [-0.39, 0.29) is 12.5 Å². The topological polar surface area (TPSA) is 59.5 Å². The monoisotopic (exact) mass is 222 g/mol. The van der Waals surface area contributed by atoms with E-state index < -0.39 is 5.97 Å². The van der Waals surface area contributed by atoms with Crippen LogP contribution in [0.3, 0.4) is 0 Å². The van der Waals surface area contributed by atoms with Gasteiger partial charge in [-0.1, -0.05) is 6.07 Å². The first-order valence-electron chi connectivity index (χ1n) is 4.97. The van der Waals surface area contributed by atoms with E-state index in [4.69, 9.17) is 4.74 Å². The maximum atomic E-state index is 11.7. The normalized spacial score (nSPS) is 9.62. The van der Waals surface area contributed by atoms with Gasteiger partial charge in [-0.05, 0) is 19.1 Å². The lowest BCUT2D eigenvalue weighted by molar-refractivity contribution is -0.143. The van der Waals surface area contributed by atoms with Crippen molar-refractivity contribution in [3.8, 4) is 0 Å². The van der Waals surface area contributed by atoms with E-state index >= 15 is 0 Å². The molecule has 0 aliphatic rings. The molecule has 86 valence electrons. The highest BCUT2D eigenvalue weighted by Crippen LogP contribution is 1.99. The van der Waals surface area contributed by atoms with Gasteiger partial charge in [-0.2, -0.15) is 0 Å². The molecular weight excluding hydrogens is 208 g/mol. The van der Waals surface area contributed by atoms with Gasteiger partial charge in [0.1, 0.15) is 12.2 Å². The van der Waals surface area contributed by atoms with Crippen LogP contribution < -0.4 is 0 Å². The maximum absolute atomic E-state index is 11.7. The number of likely N-dealkylation sites (N-methyl/N-ethyl adjacent to an activating group) is 1. The summed E-state index contributed by atoms with van der Waals surface area (Å²) in [5.74, 6) is -0.720. The van der Waals surface area contributed by atoms with Crippen LogP contribution in [0.4, 0.5) is 0 Å². The Morgan fingerprint density at radius 2 is 2.19 bits per heavy atom. The molecule has 0 aromatic carbocycles. The van der Waals surface area contributed by atoms with E-state index in [1.165, 1.54) is 18.1 Å². The summed E-state index contributed by atoms with van der Waals surface area (Å²) < 4.78 is 4.75. The summed E-state index contributed by atoms with van der Waals surface area (Å²) >= 11 is 0. The maximum Gasteiger partial charge on any atom is 0.325 e. The molecule has 1 aromatic heterocycles. The van der Waals surface area contributed by atoms with Crippen molar-refractivity contribution >= 4 is 11.9 Å². The second-order valence-electron chi connectivity index (χ2n) is 3.18. The minimum Gasteiger partial charge on any atom is -0.465 e. The third-order valence-electron chi connectivity index (χ3n) is 1.90. The lowest BCUT2D eigenvalue weighted by Crippen LogP contribution is -2.33. The second kappa shape index (κ2) is 5.85. The molecule has 0 fully saturated rings. The smallest absolute Gasteiger partial charge is 0.325 e. The van der Waals surface area contributed by atoms with Crippen molar-refractivity contribution in [3.05, 3.63) is 30.1 Å². The van der Waals surface area contributed by atoms with Gasteiger partial charge in [0.15, 0.2) is 0 Å². The van der Waals surface area contributed by atoms with Gasteiger partial charge in [-0.3, -0.25) is 14.6 Å². The summed E-state index contributed by atoms with van der Waals surface area (Å²) in [6.07, 6.45) is 1.53. The van der Waals surface area contributed by atoms with Crippen molar-refractivity contribution in [1.29, 1.82) is 0 Å². The summed E-state index contributed by atoms with van der Waals surface area (Å²) in [6, 6.07) is 5.05. The summed E-state index contributed by atoms with van der Waals surface area (Å²) in [6.45, 7) is 1.96. The second-order valence-corrected chi connectivity index (χ2v) is 3.18. The summed E-state index contributed by atoms with van der Waals surface area (Å²) in [5, 5.41) is 0. The third kappa shape index (κ3) is 3.34. The van der Waals surface area contributed by atoms with Crippen LogP contribution in [0, 0.1) is 0 Å². The number of pyridine rings is 1.